The summed E-state index contributed by atoms with van der Waals surface area (Å²) in [4.78, 5) is 64.0. The highest BCUT2D eigenvalue weighted by Gasteiger charge is 2.50. The molecule has 0 spiro atoms. The molecule has 2 aliphatic rings. The number of aromatic nitrogens is 1. The van der Waals surface area contributed by atoms with Crippen LogP contribution in [0.1, 0.15) is 83.5 Å². The highest BCUT2D eigenvalue weighted by Crippen LogP contribution is 2.38. The molecular formula is C51H63N7O9S2. The summed E-state index contributed by atoms with van der Waals surface area (Å²) in [6.45, 7) is 13.0. The lowest BCUT2D eigenvalue weighted by atomic mass is 9.85. The molecule has 0 saturated carbocycles. The molecule has 6 rings (SSSR count). The van der Waals surface area contributed by atoms with E-state index >= 15 is 0 Å². The fourth-order valence-electron chi connectivity index (χ4n) is 8.24. The maximum atomic E-state index is 14.0. The molecule has 0 radical (unpaired) electrons. The number of ether oxygens (including phenoxy) is 4. The lowest BCUT2D eigenvalue weighted by molar-refractivity contribution is -0.144. The number of likely N-dealkylation sites (tertiary alicyclic amines) is 1. The minimum absolute atomic E-state index is 0.0117. The molecule has 2 fully saturated rings. The number of rotatable bonds is 22. The van der Waals surface area contributed by atoms with Crippen molar-refractivity contribution in [3.63, 3.8) is 0 Å². The molecule has 3 aromatic carbocycles. The first-order valence-electron chi connectivity index (χ1n) is 23.1. The number of hydrogen-bond acceptors (Lipinski definition) is 13. The second-order valence-corrected chi connectivity index (χ2v) is 19.9. The zero-order valence-corrected chi connectivity index (χ0v) is 42.0. The number of unbranched alkanes of at least 4 members (excludes halogenated alkanes) is 2. The number of carbonyl (C=O) groups is 4. The number of thiazole rings is 1. The molecule has 3 N–H and O–H groups in total. The summed E-state index contributed by atoms with van der Waals surface area (Å²) in [6, 6.07) is 20.5. The van der Waals surface area contributed by atoms with Crippen LogP contribution in [0.3, 0.4) is 0 Å². The van der Waals surface area contributed by atoms with Crippen molar-refractivity contribution in [2.45, 2.75) is 104 Å². The van der Waals surface area contributed by atoms with Crippen molar-refractivity contribution in [1.29, 1.82) is 5.26 Å². The molecule has 0 aliphatic carbocycles. The van der Waals surface area contributed by atoms with Gasteiger partial charge in [-0.05, 0) is 112 Å². The largest absolute Gasteiger partial charge is 0.495 e. The van der Waals surface area contributed by atoms with Crippen molar-refractivity contribution in [3.05, 3.63) is 89.1 Å². The highest BCUT2D eigenvalue weighted by atomic mass is 32.1. The van der Waals surface area contributed by atoms with Crippen LogP contribution in [-0.4, -0.2) is 114 Å². The monoisotopic (exact) mass is 981 g/mol. The summed E-state index contributed by atoms with van der Waals surface area (Å²) in [6.07, 6.45) is 2.40. The Bertz CT molecular complexity index is 2480. The number of nitrogens with one attached hydrogen (secondary N) is 2. The first-order valence-corrected chi connectivity index (χ1v) is 24.4. The first kappa shape index (κ1) is 52.4. The van der Waals surface area contributed by atoms with Crippen molar-refractivity contribution >= 4 is 63.7 Å². The standard InChI is InChI=1S/C51H63N7O9S2/c1-33-44(69-32-54-33)35-14-12-34(13-15-35)29-53-46(61)41-27-39(59)30-56(41)47(62)45(50(2,3)4)55-43(60)31-66-24-11-23-65-22-9-8-10-25-67-40-20-18-37(19-21-40)58-49(68)57(48(63)51(58,5)6)38-17-16-36(28-52)42(26-38)64-7/h12-21,26,32,39,41,45,59H,8-11,22-25,27,29-31H2,1-7H3,(H,53,61)(H,55,60)/t39-,41+,45?/m1/s1. The van der Waals surface area contributed by atoms with Crippen LogP contribution in [0.15, 0.2) is 72.2 Å². The summed E-state index contributed by atoms with van der Waals surface area (Å²) in [5.74, 6) is -0.396. The number of aliphatic hydroxyl groups is 1. The van der Waals surface area contributed by atoms with Crippen LogP contribution in [0.2, 0.25) is 0 Å². The number of carbonyl (C=O) groups excluding carboxylic acids is 4. The molecule has 69 heavy (non-hydrogen) atoms. The number of aliphatic hydroxyl groups excluding tert-OH is 1. The molecule has 368 valence electrons. The summed E-state index contributed by atoms with van der Waals surface area (Å²) in [5.41, 5.74) is 4.70. The molecule has 2 saturated heterocycles. The van der Waals surface area contributed by atoms with Crippen molar-refractivity contribution in [1.82, 2.24) is 20.5 Å². The molecule has 2 aliphatic heterocycles. The Labute approximate surface area is 413 Å². The predicted molar refractivity (Wildman–Crippen MR) is 268 cm³/mol. The highest BCUT2D eigenvalue weighted by molar-refractivity contribution is 7.81. The number of benzene rings is 3. The van der Waals surface area contributed by atoms with Gasteiger partial charge in [0.2, 0.25) is 17.7 Å². The second-order valence-electron chi connectivity index (χ2n) is 18.7. The smallest absolute Gasteiger partial charge is 0.259 e. The van der Waals surface area contributed by atoms with Crippen LogP contribution in [0.4, 0.5) is 11.4 Å². The fourth-order valence-corrected chi connectivity index (χ4v) is 9.58. The third kappa shape index (κ3) is 13.0. The topological polar surface area (TPSA) is 196 Å². The Hall–Kier alpha value is -5.97. The average Bonchev–Trinajstić information content (AvgIpc) is 3.99. The predicted octanol–water partition coefficient (Wildman–Crippen LogP) is 6.70. The maximum Gasteiger partial charge on any atom is 0.259 e. The van der Waals surface area contributed by atoms with Crippen LogP contribution in [0, 0.1) is 23.7 Å². The summed E-state index contributed by atoms with van der Waals surface area (Å²) >= 11 is 7.38. The van der Waals surface area contributed by atoms with Crippen molar-refractivity contribution in [2.75, 3.05) is 56.5 Å². The van der Waals surface area contributed by atoms with Crippen LogP contribution in [0.25, 0.3) is 10.4 Å². The second kappa shape index (κ2) is 23.6. The van der Waals surface area contributed by atoms with Gasteiger partial charge >= 0.3 is 0 Å². The van der Waals surface area contributed by atoms with Crippen LogP contribution >= 0.6 is 23.6 Å². The number of aryl methyl sites for hydroxylation is 1. The van der Waals surface area contributed by atoms with Gasteiger partial charge in [0.15, 0.2) is 5.11 Å². The summed E-state index contributed by atoms with van der Waals surface area (Å²) in [5, 5.41) is 26.0. The molecular weight excluding hydrogens is 919 g/mol. The van der Waals surface area contributed by atoms with Crippen molar-refractivity contribution < 1.29 is 43.2 Å². The van der Waals surface area contributed by atoms with E-state index in [0.29, 0.717) is 60.7 Å². The lowest BCUT2D eigenvalue weighted by Gasteiger charge is -2.35. The lowest BCUT2D eigenvalue weighted by Crippen LogP contribution is -2.58. The van der Waals surface area contributed by atoms with Gasteiger partial charge in [-0.1, -0.05) is 45.0 Å². The molecule has 4 amide bonds. The van der Waals surface area contributed by atoms with E-state index < -0.39 is 41.0 Å². The molecule has 3 atom stereocenters. The van der Waals surface area contributed by atoms with E-state index in [4.69, 9.17) is 31.2 Å². The third-order valence-electron chi connectivity index (χ3n) is 12.1. The Balaban J connectivity index is 0.843. The Morgan fingerprint density at radius 3 is 2.32 bits per heavy atom. The van der Waals surface area contributed by atoms with E-state index in [0.717, 1.165) is 46.6 Å². The van der Waals surface area contributed by atoms with Gasteiger partial charge in [0.05, 0.1) is 47.2 Å². The molecule has 1 aromatic heterocycles. The summed E-state index contributed by atoms with van der Waals surface area (Å²) in [7, 11) is 1.47. The summed E-state index contributed by atoms with van der Waals surface area (Å²) < 4.78 is 22.7. The quantitative estimate of drug-likeness (QED) is 0.0557. The van der Waals surface area contributed by atoms with Gasteiger partial charge in [-0.2, -0.15) is 5.26 Å². The van der Waals surface area contributed by atoms with E-state index in [9.17, 15) is 29.5 Å². The zero-order valence-electron chi connectivity index (χ0n) is 40.4. The molecule has 4 aromatic rings. The minimum atomic E-state index is -0.959. The Kier molecular flexibility index (Phi) is 17.9. The fraction of sp³-hybridized carbons (Fsp3) is 0.471. The van der Waals surface area contributed by atoms with Gasteiger partial charge in [0.1, 0.15) is 41.8 Å². The molecule has 3 heterocycles. The number of thiocarbonyl (C=S) groups is 1. The van der Waals surface area contributed by atoms with Gasteiger partial charge in [-0.25, -0.2) is 4.98 Å². The molecule has 18 heteroatoms. The van der Waals surface area contributed by atoms with E-state index in [2.05, 4.69) is 21.7 Å². The Morgan fingerprint density at radius 1 is 0.971 bits per heavy atom. The molecule has 16 nitrogen and oxygen atoms in total. The van der Waals surface area contributed by atoms with Gasteiger partial charge in [0, 0.05) is 51.1 Å². The van der Waals surface area contributed by atoms with Crippen LogP contribution < -0.4 is 29.9 Å². The number of nitriles is 1. The number of methoxy groups -OCH3 is 1. The number of β-amino-alcohol motifs (C(OH)–C–C–N with tert-alkyl or cyclic N) is 1. The van der Waals surface area contributed by atoms with Crippen LogP contribution in [0.5, 0.6) is 11.5 Å². The van der Waals surface area contributed by atoms with E-state index in [1.165, 1.54) is 16.9 Å². The van der Waals surface area contributed by atoms with Crippen LogP contribution in [-0.2, 0) is 35.2 Å². The van der Waals surface area contributed by atoms with Crippen molar-refractivity contribution in [2.24, 2.45) is 5.41 Å². The van der Waals surface area contributed by atoms with Gasteiger partial charge in [-0.15, -0.1) is 11.3 Å². The van der Waals surface area contributed by atoms with E-state index in [1.54, 1.807) is 29.5 Å². The number of nitrogens with zero attached hydrogens (tertiary/aromatic N) is 5. The minimum Gasteiger partial charge on any atom is -0.495 e. The normalized spacial score (nSPS) is 17.2. The number of hydrogen-bond donors (Lipinski definition) is 3. The van der Waals surface area contributed by atoms with Gasteiger partial charge < -0.3 is 44.5 Å². The zero-order chi connectivity index (χ0) is 49.9. The van der Waals surface area contributed by atoms with Gasteiger partial charge in [0.25, 0.3) is 5.91 Å². The average molecular weight is 982 g/mol. The van der Waals surface area contributed by atoms with E-state index in [-0.39, 0.29) is 37.9 Å². The Morgan fingerprint density at radius 2 is 1.65 bits per heavy atom. The first-order chi connectivity index (χ1) is 32.9. The SMILES string of the molecule is COc1cc(N2C(=O)C(C)(C)N(c3ccc(OCCCCCOCCCOCC(=O)NC(C(=O)N4C[C@H](O)C[C@H]4C(=O)NCc4ccc(-c5scnc5C)cc4)C(C)(C)C)cc3)C2=S)ccc1C#N. The number of amides is 4. The van der Waals surface area contributed by atoms with Crippen molar-refractivity contribution in [3.8, 4) is 28.0 Å². The maximum absolute atomic E-state index is 14.0. The van der Waals surface area contributed by atoms with E-state index in [1.807, 2.05) is 100 Å². The molecule has 0 bridgehead atoms. The molecule has 1 unspecified atom stereocenters. The van der Waals surface area contributed by atoms with Gasteiger partial charge in [-0.3, -0.25) is 24.1 Å². The number of anilines is 2. The third-order valence-corrected chi connectivity index (χ3v) is 13.4.